The summed E-state index contributed by atoms with van der Waals surface area (Å²) in [7, 11) is 0. The summed E-state index contributed by atoms with van der Waals surface area (Å²) < 4.78 is 39.8. The van der Waals surface area contributed by atoms with Crippen molar-refractivity contribution in [1.82, 2.24) is 19.8 Å². The number of halogens is 3. The molecule has 0 saturated carbocycles. The Bertz CT molecular complexity index is 1120. The average Bonchev–Trinajstić information content (AvgIpc) is 3.18. The van der Waals surface area contributed by atoms with E-state index in [1.165, 1.54) is 30.3 Å². The minimum Gasteiger partial charge on any atom is -0.355 e. The molecule has 2 aromatic heterocycles. The molecule has 0 atom stereocenters. The molecule has 1 aromatic carbocycles. The normalized spacial score (nSPS) is 15.3. The van der Waals surface area contributed by atoms with Crippen molar-refractivity contribution in [3.63, 3.8) is 0 Å². The van der Waals surface area contributed by atoms with Crippen molar-refractivity contribution in [2.24, 2.45) is 5.92 Å². The Morgan fingerprint density at radius 1 is 1.10 bits per heavy atom. The molecular formula is C18H16F3N7O3. The molecule has 1 aliphatic heterocycles. The first-order chi connectivity index (χ1) is 14.7. The minimum absolute atomic E-state index is 0.00608. The Morgan fingerprint density at radius 2 is 1.77 bits per heavy atom. The number of hydrogen-bond acceptors (Lipinski definition) is 7. The smallest absolute Gasteiger partial charge is 0.355 e. The highest BCUT2D eigenvalue weighted by molar-refractivity contribution is 5.92. The number of amides is 1. The standard InChI is InChI=1S/C18H16F3N7O3/c19-18(20,21)17-24-23-14-5-6-15(25-27(14)17)26-9-7-11(8-10-26)16(29)22-12-1-3-13(4-2-12)28(30)31/h1-6,11H,7-10H2,(H,22,29). The molecule has 162 valence electrons. The average molecular weight is 435 g/mol. The number of nitrogens with zero attached hydrogens (tertiary/aromatic N) is 6. The largest absolute Gasteiger partial charge is 0.453 e. The quantitative estimate of drug-likeness (QED) is 0.494. The fourth-order valence-corrected chi connectivity index (χ4v) is 3.41. The van der Waals surface area contributed by atoms with Crippen molar-refractivity contribution in [3.05, 3.63) is 52.3 Å². The van der Waals surface area contributed by atoms with Crippen LogP contribution in [0.2, 0.25) is 0 Å². The Labute approximate surface area is 172 Å². The van der Waals surface area contributed by atoms with Gasteiger partial charge in [-0.2, -0.15) is 17.7 Å². The lowest BCUT2D eigenvalue weighted by molar-refractivity contribution is -0.384. The summed E-state index contributed by atoms with van der Waals surface area (Å²) >= 11 is 0. The maximum absolute atomic E-state index is 13.1. The molecule has 0 aliphatic carbocycles. The number of rotatable bonds is 4. The highest BCUT2D eigenvalue weighted by Gasteiger charge is 2.38. The lowest BCUT2D eigenvalue weighted by Gasteiger charge is -2.32. The second kappa shape index (κ2) is 7.81. The lowest BCUT2D eigenvalue weighted by atomic mass is 9.96. The number of nitrogens with one attached hydrogen (secondary N) is 1. The summed E-state index contributed by atoms with van der Waals surface area (Å²) in [6.45, 7) is 0.862. The first-order valence-corrected chi connectivity index (χ1v) is 9.32. The monoisotopic (exact) mass is 435 g/mol. The molecule has 3 aromatic rings. The van der Waals surface area contributed by atoms with E-state index in [2.05, 4.69) is 20.6 Å². The van der Waals surface area contributed by atoms with Crippen LogP contribution < -0.4 is 10.2 Å². The van der Waals surface area contributed by atoms with Crippen molar-refractivity contribution in [2.45, 2.75) is 19.0 Å². The molecule has 0 radical (unpaired) electrons. The summed E-state index contributed by atoms with van der Waals surface area (Å²) in [5.41, 5.74) is 0.378. The molecule has 13 heteroatoms. The van der Waals surface area contributed by atoms with Gasteiger partial charge in [0, 0.05) is 36.8 Å². The number of hydrogen-bond donors (Lipinski definition) is 1. The van der Waals surface area contributed by atoms with E-state index in [-0.39, 0.29) is 23.2 Å². The second-order valence-corrected chi connectivity index (χ2v) is 7.04. The summed E-state index contributed by atoms with van der Waals surface area (Å²) in [6.07, 6.45) is -3.71. The van der Waals surface area contributed by atoms with E-state index in [1.54, 1.807) is 11.0 Å². The van der Waals surface area contributed by atoms with Crippen molar-refractivity contribution < 1.29 is 22.9 Å². The fraction of sp³-hybridized carbons (Fsp3) is 0.333. The molecule has 4 rings (SSSR count). The van der Waals surface area contributed by atoms with Crippen LogP contribution >= 0.6 is 0 Å². The van der Waals surface area contributed by atoms with Crippen molar-refractivity contribution in [3.8, 4) is 0 Å². The van der Waals surface area contributed by atoms with Crippen molar-refractivity contribution >= 4 is 28.7 Å². The van der Waals surface area contributed by atoms with Gasteiger partial charge in [0.15, 0.2) is 5.65 Å². The predicted molar refractivity (Wildman–Crippen MR) is 102 cm³/mol. The van der Waals surface area contributed by atoms with Gasteiger partial charge in [-0.1, -0.05) is 0 Å². The third-order valence-electron chi connectivity index (χ3n) is 5.04. The zero-order valence-electron chi connectivity index (χ0n) is 15.9. The van der Waals surface area contributed by atoms with E-state index in [0.717, 1.165) is 0 Å². The molecule has 10 nitrogen and oxygen atoms in total. The maximum atomic E-state index is 13.1. The van der Waals surface area contributed by atoms with Gasteiger partial charge < -0.3 is 10.2 Å². The van der Waals surface area contributed by atoms with Gasteiger partial charge in [0.2, 0.25) is 5.91 Å². The minimum atomic E-state index is -4.67. The Hall–Kier alpha value is -3.77. The number of carbonyl (C=O) groups excluding carboxylic acids is 1. The van der Waals surface area contributed by atoms with Gasteiger partial charge in [0.05, 0.1) is 4.92 Å². The number of piperidine rings is 1. The topological polar surface area (TPSA) is 119 Å². The van der Waals surface area contributed by atoms with Gasteiger partial charge >= 0.3 is 6.18 Å². The van der Waals surface area contributed by atoms with E-state index in [0.29, 0.717) is 42.0 Å². The highest BCUT2D eigenvalue weighted by atomic mass is 19.4. The van der Waals surface area contributed by atoms with Crippen molar-refractivity contribution in [1.29, 1.82) is 0 Å². The zero-order valence-corrected chi connectivity index (χ0v) is 15.9. The first-order valence-electron chi connectivity index (χ1n) is 9.32. The van der Waals surface area contributed by atoms with Crippen LogP contribution in [0, 0.1) is 16.0 Å². The van der Waals surface area contributed by atoms with E-state index in [1.807, 2.05) is 0 Å². The third kappa shape index (κ3) is 4.25. The first kappa shape index (κ1) is 20.5. The van der Waals surface area contributed by atoms with E-state index < -0.39 is 16.9 Å². The molecular weight excluding hydrogens is 419 g/mol. The van der Waals surface area contributed by atoms with E-state index in [4.69, 9.17) is 0 Å². The van der Waals surface area contributed by atoms with Crippen LogP contribution in [0.25, 0.3) is 5.65 Å². The number of alkyl halides is 3. The van der Waals surface area contributed by atoms with Gasteiger partial charge in [-0.15, -0.1) is 15.3 Å². The number of aromatic nitrogens is 4. The van der Waals surface area contributed by atoms with Crippen LogP contribution in [-0.4, -0.2) is 43.7 Å². The summed E-state index contributed by atoms with van der Waals surface area (Å²) in [6, 6.07) is 8.52. The van der Waals surface area contributed by atoms with E-state index in [9.17, 15) is 28.1 Å². The molecule has 1 saturated heterocycles. The van der Waals surface area contributed by atoms with Gasteiger partial charge in [-0.25, -0.2) is 0 Å². The number of carbonyl (C=O) groups is 1. The van der Waals surface area contributed by atoms with Crippen LogP contribution in [0.4, 0.5) is 30.4 Å². The van der Waals surface area contributed by atoms with Crippen LogP contribution in [0.1, 0.15) is 18.7 Å². The molecule has 1 amide bonds. The second-order valence-electron chi connectivity index (χ2n) is 7.04. The van der Waals surface area contributed by atoms with Crippen LogP contribution in [0.15, 0.2) is 36.4 Å². The summed E-state index contributed by atoms with van der Waals surface area (Å²) in [5, 5.41) is 24.1. The van der Waals surface area contributed by atoms with Gasteiger partial charge in [-0.3, -0.25) is 14.9 Å². The van der Waals surface area contributed by atoms with Crippen molar-refractivity contribution in [2.75, 3.05) is 23.3 Å². The Balaban J connectivity index is 1.40. The van der Waals surface area contributed by atoms with Crippen LogP contribution in [-0.2, 0) is 11.0 Å². The van der Waals surface area contributed by atoms with Gasteiger partial charge in [-0.05, 0) is 37.1 Å². The number of nitro groups is 1. The van der Waals surface area contributed by atoms with E-state index >= 15 is 0 Å². The zero-order chi connectivity index (χ0) is 22.2. The number of fused-ring (bicyclic) bond motifs is 1. The fourth-order valence-electron chi connectivity index (χ4n) is 3.41. The Kier molecular flexibility index (Phi) is 5.17. The highest BCUT2D eigenvalue weighted by Crippen LogP contribution is 2.29. The number of benzene rings is 1. The summed E-state index contributed by atoms with van der Waals surface area (Å²) in [5.74, 6) is -1.36. The predicted octanol–water partition coefficient (Wildman–Crippen LogP) is 2.91. The SMILES string of the molecule is O=C(Nc1ccc([N+](=O)[O-])cc1)C1CCN(c2ccc3nnc(C(F)(F)F)n3n2)CC1. The lowest BCUT2D eigenvalue weighted by Crippen LogP contribution is -2.38. The molecule has 3 heterocycles. The molecule has 0 bridgehead atoms. The molecule has 1 fully saturated rings. The van der Waals surface area contributed by atoms with Crippen LogP contribution in [0.3, 0.4) is 0 Å². The van der Waals surface area contributed by atoms with Gasteiger partial charge in [0.25, 0.3) is 11.5 Å². The Morgan fingerprint density at radius 3 is 2.39 bits per heavy atom. The number of nitro benzene ring substituents is 1. The maximum Gasteiger partial charge on any atom is 0.453 e. The van der Waals surface area contributed by atoms with Gasteiger partial charge in [0.1, 0.15) is 5.82 Å². The molecule has 0 spiro atoms. The summed E-state index contributed by atoms with van der Waals surface area (Å²) in [4.78, 5) is 24.5. The molecule has 1 aliphatic rings. The number of non-ortho nitro benzene ring substituents is 1. The molecule has 1 N–H and O–H groups in total. The molecule has 0 unspecified atom stereocenters. The third-order valence-corrected chi connectivity index (χ3v) is 5.04. The molecule has 31 heavy (non-hydrogen) atoms. The number of anilines is 2. The van der Waals surface area contributed by atoms with Crippen LogP contribution in [0.5, 0.6) is 0 Å².